The molecule has 1 amide bonds. The number of hydrogen-bond acceptors (Lipinski definition) is 7. The Morgan fingerprint density at radius 2 is 0.842 bits per heavy atom. The lowest BCUT2D eigenvalue weighted by Crippen LogP contribution is -2.47. The van der Waals surface area contributed by atoms with Crippen LogP contribution >= 0.6 is 7.82 Å². The van der Waals surface area contributed by atoms with Crippen molar-refractivity contribution < 1.29 is 37.3 Å². The molecular weight excluding hydrogens is 964 g/mol. The van der Waals surface area contributed by atoms with Crippen molar-refractivity contribution >= 4 is 19.7 Å². The molecular formula is C66H117N2O7P. The fourth-order valence-electron chi connectivity index (χ4n) is 8.46. The van der Waals surface area contributed by atoms with Gasteiger partial charge in [-0.25, -0.2) is 0 Å². The fourth-order valence-corrected chi connectivity index (χ4v) is 9.18. The average molecular weight is 1080 g/mol. The molecule has 0 rings (SSSR count). The van der Waals surface area contributed by atoms with Gasteiger partial charge in [0.15, 0.2) is 0 Å². The van der Waals surface area contributed by atoms with Crippen molar-refractivity contribution in [3.8, 4) is 0 Å². The van der Waals surface area contributed by atoms with Gasteiger partial charge in [0, 0.05) is 12.8 Å². The maximum absolute atomic E-state index is 13.5. The standard InChI is InChI=1S/C66H117N2O7P/c1-7-10-13-16-19-22-25-28-30-31-32-33-34-35-36-37-38-41-44-47-50-53-56-59-66(70)75-64(57-54-51-48-45-42-39-27-24-21-18-15-12-9-3)63(62-74-76(71,72)73-61-60-68(4,5)6)67-65(69)58-55-52-49-46-43-40-29-26-23-20-17-14-11-8-2/h11,14,19-20,22-23,28-30,32-33,35-36,40,54,57,63-64H,7-10,12-13,15-18,21,24-27,31,34,37-39,41-53,55-56,58-62H2,1-6H3,(H-,67,69,71,72)/b14-11+,22-19-,23-20+,30-28-,33-32-,36-35-,40-29+,57-54-. The van der Waals surface area contributed by atoms with Crippen LogP contribution < -0.4 is 10.2 Å². The third kappa shape index (κ3) is 55.7. The quantitative estimate of drug-likeness (QED) is 0.0212. The Morgan fingerprint density at radius 1 is 0.474 bits per heavy atom. The van der Waals surface area contributed by atoms with Crippen LogP contribution in [0.25, 0.3) is 0 Å². The lowest BCUT2D eigenvalue weighted by molar-refractivity contribution is -0.870. The van der Waals surface area contributed by atoms with E-state index in [0.29, 0.717) is 23.9 Å². The van der Waals surface area contributed by atoms with E-state index in [1.165, 1.54) is 103 Å². The Kier molecular flexibility index (Phi) is 53.0. The summed E-state index contributed by atoms with van der Waals surface area (Å²) >= 11 is 0. The first-order valence-electron chi connectivity index (χ1n) is 31.0. The molecule has 0 aliphatic rings. The second-order valence-corrected chi connectivity index (χ2v) is 23.2. The van der Waals surface area contributed by atoms with Crippen LogP contribution in [0.2, 0.25) is 0 Å². The molecule has 0 spiro atoms. The van der Waals surface area contributed by atoms with Gasteiger partial charge < -0.3 is 28.5 Å². The lowest BCUT2D eigenvalue weighted by atomic mass is 10.0. The van der Waals surface area contributed by atoms with Crippen LogP contribution in [0, 0.1) is 0 Å². The summed E-state index contributed by atoms with van der Waals surface area (Å²) in [5.41, 5.74) is 0. The number of carbonyl (C=O) groups excluding carboxylic acids is 2. The van der Waals surface area contributed by atoms with Crippen LogP contribution in [0.15, 0.2) is 97.2 Å². The van der Waals surface area contributed by atoms with Gasteiger partial charge in [0.2, 0.25) is 5.91 Å². The number of rotatable bonds is 55. The first-order chi connectivity index (χ1) is 36.9. The Hall–Kier alpha value is -3.07. The summed E-state index contributed by atoms with van der Waals surface area (Å²) in [5.74, 6) is -0.582. The highest BCUT2D eigenvalue weighted by Crippen LogP contribution is 2.38. The van der Waals surface area contributed by atoms with Crippen LogP contribution in [0.3, 0.4) is 0 Å². The van der Waals surface area contributed by atoms with Crippen molar-refractivity contribution in [3.63, 3.8) is 0 Å². The topological polar surface area (TPSA) is 114 Å². The molecule has 0 radical (unpaired) electrons. The summed E-state index contributed by atoms with van der Waals surface area (Å²) in [4.78, 5) is 40.0. The highest BCUT2D eigenvalue weighted by Gasteiger charge is 2.27. The van der Waals surface area contributed by atoms with Crippen LogP contribution in [0.5, 0.6) is 0 Å². The van der Waals surface area contributed by atoms with E-state index in [0.717, 1.165) is 109 Å². The molecule has 76 heavy (non-hydrogen) atoms. The number of esters is 1. The zero-order valence-corrected chi connectivity index (χ0v) is 50.8. The maximum atomic E-state index is 13.5. The second-order valence-electron chi connectivity index (χ2n) is 21.8. The Balaban J connectivity index is 5.29. The molecule has 438 valence electrons. The zero-order chi connectivity index (χ0) is 55.7. The molecule has 9 nitrogen and oxygen atoms in total. The molecule has 3 atom stereocenters. The third-order valence-electron chi connectivity index (χ3n) is 13.2. The molecule has 0 aromatic rings. The maximum Gasteiger partial charge on any atom is 0.306 e. The van der Waals surface area contributed by atoms with E-state index in [-0.39, 0.29) is 31.3 Å². The summed E-state index contributed by atoms with van der Waals surface area (Å²) in [6.45, 7) is 6.67. The Labute approximate surface area is 468 Å². The predicted octanol–water partition coefficient (Wildman–Crippen LogP) is 18.5. The van der Waals surface area contributed by atoms with Gasteiger partial charge in [0.05, 0.1) is 33.8 Å². The SMILES string of the molecule is CC/C=C/C/C=C/C/C=C/CCCCCCC(=O)NC(COP(=O)([O-])OCC[N+](C)(C)C)C(/C=C\CCCCCCCCCCCCC)OC(=O)CCCCCCCCC/C=C\C/C=C\C/C=C\C/C=C\CCCCC. The molecule has 0 bridgehead atoms. The van der Waals surface area contributed by atoms with E-state index < -0.39 is 26.6 Å². The van der Waals surface area contributed by atoms with E-state index in [4.69, 9.17) is 13.8 Å². The van der Waals surface area contributed by atoms with E-state index in [1.54, 1.807) is 0 Å². The minimum Gasteiger partial charge on any atom is -0.756 e. The van der Waals surface area contributed by atoms with Gasteiger partial charge in [-0.1, -0.05) is 234 Å². The molecule has 1 N–H and O–H groups in total. The van der Waals surface area contributed by atoms with Crippen LogP contribution in [-0.2, 0) is 27.9 Å². The number of likely N-dealkylation sites (N-methyl/N-ethyl adjacent to an activating group) is 1. The van der Waals surface area contributed by atoms with Gasteiger partial charge in [-0.05, 0) is 109 Å². The first kappa shape index (κ1) is 72.9. The van der Waals surface area contributed by atoms with E-state index in [2.05, 4.69) is 111 Å². The Morgan fingerprint density at radius 3 is 1.29 bits per heavy atom. The number of quaternary nitrogens is 1. The first-order valence-corrected chi connectivity index (χ1v) is 32.5. The number of allylic oxidation sites excluding steroid dienone is 15. The number of unbranched alkanes of at least 4 members (excludes halogenated alkanes) is 25. The summed E-state index contributed by atoms with van der Waals surface area (Å²) < 4.78 is 30.3. The van der Waals surface area contributed by atoms with Crippen molar-refractivity contribution in [1.82, 2.24) is 5.32 Å². The molecule has 0 aromatic carbocycles. The number of ether oxygens (including phenoxy) is 1. The van der Waals surface area contributed by atoms with Crippen molar-refractivity contribution in [2.24, 2.45) is 0 Å². The molecule has 0 fully saturated rings. The van der Waals surface area contributed by atoms with Crippen molar-refractivity contribution in [2.45, 2.75) is 270 Å². The largest absolute Gasteiger partial charge is 0.756 e. The molecule has 0 aliphatic heterocycles. The molecule has 0 heterocycles. The lowest BCUT2D eigenvalue weighted by Gasteiger charge is -2.30. The Bertz CT molecular complexity index is 1620. The molecule has 0 saturated heterocycles. The minimum absolute atomic E-state index is 0.0333. The summed E-state index contributed by atoms with van der Waals surface area (Å²) in [7, 11) is 1.15. The van der Waals surface area contributed by atoms with Gasteiger partial charge in [0.25, 0.3) is 7.82 Å². The summed E-state index contributed by atoms with van der Waals surface area (Å²) in [6, 6.07) is -0.910. The van der Waals surface area contributed by atoms with E-state index in [9.17, 15) is 19.0 Å². The number of amides is 1. The number of nitrogens with zero attached hydrogens (tertiary/aromatic N) is 1. The smallest absolute Gasteiger partial charge is 0.306 e. The van der Waals surface area contributed by atoms with E-state index in [1.807, 2.05) is 33.3 Å². The number of carbonyl (C=O) groups is 2. The molecule has 0 aromatic heterocycles. The van der Waals surface area contributed by atoms with Crippen molar-refractivity contribution in [2.75, 3.05) is 40.9 Å². The molecule has 3 unspecified atom stereocenters. The minimum atomic E-state index is -4.71. The van der Waals surface area contributed by atoms with Gasteiger partial charge >= 0.3 is 5.97 Å². The second kappa shape index (κ2) is 55.3. The normalized spacial score (nSPS) is 14.4. The molecule has 10 heteroatoms. The number of hydrogen-bond donors (Lipinski definition) is 1. The number of phosphoric ester groups is 1. The average Bonchev–Trinajstić information content (AvgIpc) is 3.38. The highest BCUT2D eigenvalue weighted by molar-refractivity contribution is 7.45. The predicted molar refractivity (Wildman–Crippen MR) is 325 cm³/mol. The monoisotopic (exact) mass is 1080 g/mol. The van der Waals surface area contributed by atoms with Crippen molar-refractivity contribution in [3.05, 3.63) is 97.2 Å². The third-order valence-corrected chi connectivity index (χ3v) is 14.2. The van der Waals surface area contributed by atoms with Gasteiger partial charge in [-0.3, -0.25) is 14.2 Å². The van der Waals surface area contributed by atoms with E-state index >= 15 is 0 Å². The van der Waals surface area contributed by atoms with Crippen molar-refractivity contribution in [1.29, 1.82) is 0 Å². The van der Waals surface area contributed by atoms with Crippen LogP contribution in [0.4, 0.5) is 0 Å². The highest BCUT2D eigenvalue weighted by atomic mass is 31.2. The number of phosphoric acid groups is 1. The van der Waals surface area contributed by atoms with Gasteiger partial charge in [0.1, 0.15) is 19.3 Å². The number of nitrogens with one attached hydrogen (secondary N) is 1. The summed E-state index contributed by atoms with van der Waals surface area (Å²) in [6.07, 6.45) is 73.7. The van der Waals surface area contributed by atoms with Crippen LogP contribution in [-0.4, -0.2) is 69.4 Å². The van der Waals surface area contributed by atoms with Gasteiger partial charge in [-0.2, -0.15) is 0 Å². The zero-order valence-electron chi connectivity index (χ0n) is 49.9. The summed E-state index contributed by atoms with van der Waals surface area (Å²) in [5, 5.41) is 3.01. The molecule has 0 saturated carbocycles. The van der Waals surface area contributed by atoms with Crippen LogP contribution in [0.1, 0.15) is 258 Å². The molecule has 0 aliphatic carbocycles. The van der Waals surface area contributed by atoms with Gasteiger partial charge in [-0.15, -0.1) is 0 Å². The fraction of sp³-hybridized carbons (Fsp3) is 0.727.